The average Bonchev–Trinajstić information content (AvgIpc) is 2.18. The summed E-state index contributed by atoms with van der Waals surface area (Å²) in [7, 11) is 0. The van der Waals surface area contributed by atoms with Crippen molar-refractivity contribution in [3.8, 4) is 0 Å². The standard InChI is InChI=1S/C13H18BrNO2/c1-9-7-10(8-14)5-6-11(9)15-12(16)17-13(2,3)4/h5-7H,8H2,1-4H3,(H,15,16). The van der Waals surface area contributed by atoms with E-state index in [1.807, 2.05) is 45.9 Å². The number of carbonyl (C=O) groups is 1. The number of nitrogens with one attached hydrogen (secondary N) is 1. The topological polar surface area (TPSA) is 38.3 Å². The lowest BCUT2D eigenvalue weighted by Crippen LogP contribution is -2.27. The van der Waals surface area contributed by atoms with Crippen LogP contribution >= 0.6 is 15.9 Å². The number of anilines is 1. The van der Waals surface area contributed by atoms with Crippen LogP contribution in [-0.2, 0) is 10.1 Å². The van der Waals surface area contributed by atoms with Crippen molar-refractivity contribution in [2.24, 2.45) is 0 Å². The fraction of sp³-hybridized carbons (Fsp3) is 0.462. The van der Waals surface area contributed by atoms with Crippen LogP contribution in [0.5, 0.6) is 0 Å². The predicted molar refractivity (Wildman–Crippen MR) is 73.7 cm³/mol. The van der Waals surface area contributed by atoms with E-state index in [0.29, 0.717) is 0 Å². The van der Waals surface area contributed by atoms with Gasteiger partial charge in [0.2, 0.25) is 0 Å². The monoisotopic (exact) mass is 299 g/mol. The molecule has 0 heterocycles. The van der Waals surface area contributed by atoms with E-state index in [-0.39, 0.29) is 0 Å². The molecule has 0 aliphatic rings. The maximum Gasteiger partial charge on any atom is 0.412 e. The van der Waals surface area contributed by atoms with Gasteiger partial charge in [0, 0.05) is 11.0 Å². The highest BCUT2D eigenvalue weighted by atomic mass is 79.9. The van der Waals surface area contributed by atoms with Crippen molar-refractivity contribution in [2.75, 3.05) is 5.32 Å². The number of amides is 1. The number of alkyl halides is 1. The molecule has 0 fully saturated rings. The first-order valence-electron chi connectivity index (χ1n) is 5.47. The molecule has 0 bridgehead atoms. The highest BCUT2D eigenvalue weighted by molar-refractivity contribution is 9.08. The molecule has 0 spiro atoms. The smallest absolute Gasteiger partial charge is 0.412 e. The maximum atomic E-state index is 11.6. The Hall–Kier alpha value is -1.03. The summed E-state index contributed by atoms with van der Waals surface area (Å²) in [6.45, 7) is 7.48. The molecule has 3 nitrogen and oxygen atoms in total. The molecular formula is C13H18BrNO2. The van der Waals surface area contributed by atoms with Gasteiger partial charge in [-0.2, -0.15) is 0 Å². The number of rotatable bonds is 2. The van der Waals surface area contributed by atoms with Crippen molar-refractivity contribution in [1.29, 1.82) is 0 Å². The van der Waals surface area contributed by atoms with Crippen molar-refractivity contribution < 1.29 is 9.53 Å². The van der Waals surface area contributed by atoms with Gasteiger partial charge in [0.1, 0.15) is 5.60 Å². The summed E-state index contributed by atoms with van der Waals surface area (Å²) in [5.74, 6) is 0. The quantitative estimate of drug-likeness (QED) is 0.830. The Kier molecular flexibility index (Phi) is 4.57. The van der Waals surface area contributed by atoms with Crippen molar-refractivity contribution >= 4 is 27.7 Å². The van der Waals surface area contributed by atoms with Crippen molar-refractivity contribution in [1.82, 2.24) is 0 Å². The molecule has 0 radical (unpaired) electrons. The zero-order chi connectivity index (χ0) is 13.1. The third kappa shape index (κ3) is 4.77. The minimum atomic E-state index is -0.478. The number of benzene rings is 1. The highest BCUT2D eigenvalue weighted by Crippen LogP contribution is 2.19. The minimum Gasteiger partial charge on any atom is -0.444 e. The molecule has 1 rings (SSSR count). The SMILES string of the molecule is Cc1cc(CBr)ccc1NC(=O)OC(C)(C)C. The molecule has 0 aromatic heterocycles. The molecule has 17 heavy (non-hydrogen) atoms. The second kappa shape index (κ2) is 5.54. The van der Waals surface area contributed by atoms with Crippen LogP contribution in [0.1, 0.15) is 31.9 Å². The van der Waals surface area contributed by atoms with Crippen LogP contribution in [0.4, 0.5) is 10.5 Å². The van der Waals surface area contributed by atoms with E-state index in [4.69, 9.17) is 4.74 Å². The first-order chi connectivity index (χ1) is 7.81. The van der Waals surface area contributed by atoms with Crippen LogP contribution in [0, 0.1) is 6.92 Å². The summed E-state index contributed by atoms with van der Waals surface area (Å²) in [6, 6.07) is 5.88. The summed E-state index contributed by atoms with van der Waals surface area (Å²) in [5, 5.41) is 3.55. The van der Waals surface area contributed by atoms with Gasteiger partial charge in [0.25, 0.3) is 0 Å². The predicted octanol–water partition coefficient (Wildman–Crippen LogP) is 4.24. The fourth-order valence-electron chi connectivity index (χ4n) is 1.36. The van der Waals surface area contributed by atoms with E-state index in [1.54, 1.807) is 0 Å². The zero-order valence-electron chi connectivity index (χ0n) is 10.6. The van der Waals surface area contributed by atoms with Crippen molar-refractivity contribution in [3.05, 3.63) is 29.3 Å². The summed E-state index contributed by atoms with van der Waals surface area (Å²) in [4.78, 5) is 11.6. The van der Waals surface area contributed by atoms with Crippen LogP contribution in [0.15, 0.2) is 18.2 Å². The largest absolute Gasteiger partial charge is 0.444 e. The van der Waals surface area contributed by atoms with Gasteiger partial charge in [0.15, 0.2) is 0 Å². The average molecular weight is 300 g/mol. The first kappa shape index (κ1) is 14.0. The molecule has 1 aromatic rings. The van der Waals surface area contributed by atoms with Gasteiger partial charge in [-0.15, -0.1) is 0 Å². The van der Waals surface area contributed by atoms with Gasteiger partial charge in [-0.25, -0.2) is 4.79 Å². The molecule has 0 atom stereocenters. The Balaban J connectivity index is 2.72. The summed E-state index contributed by atoms with van der Waals surface area (Å²) in [5.41, 5.74) is 2.50. The van der Waals surface area contributed by atoms with E-state index in [2.05, 4.69) is 21.2 Å². The number of hydrogen-bond acceptors (Lipinski definition) is 2. The molecule has 1 N–H and O–H groups in total. The number of hydrogen-bond donors (Lipinski definition) is 1. The van der Waals surface area contributed by atoms with Gasteiger partial charge in [0.05, 0.1) is 0 Å². The van der Waals surface area contributed by atoms with Crippen molar-refractivity contribution in [3.63, 3.8) is 0 Å². The van der Waals surface area contributed by atoms with E-state index in [1.165, 1.54) is 5.56 Å². The van der Waals surface area contributed by atoms with Crippen LogP contribution in [0.25, 0.3) is 0 Å². The Morgan fingerprint density at radius 1 is 1.41 bits per heavy atom. The highest BCUT2D eigenvalue weighted by Gasteiger charge is 2.16. The molecule has 0 aliphatic heterocycles. The second-order valence-corrected chi connectivity index (χ2v) is 5.47. The minimum absolute atomic E-state index is 0.424. The molecule has 1 aromatic carbocycles. The maximum absolute atomic E-state index is 11.6. The van der Waals surface area contributed by atoms with Gasteiger partial charge < -0.3 is 4.74 Å². The van der Waals surface area contributed by atoms with E-state index >= 15 is 0 Å². The number of halogens is 1. The fourth-order valence-corrected chi connectivity index (χ4v) is 1.71. The Morgan fingerprint density at radius 2 is 2.06 bits per heavy atom. The summed E-state index contributed by atoms with van der Waals surface area (Å²) < 4.78 is 5.19. The number of aryl methyl sites for hydroxylation is 1. The zero-order valence-corrected chi connectivity index (χ0v) is 12.2. The first-order valence-corrected chi connectivity index (χ1v) is 6.59. The molecule has 0 saturated heterocycles. The lowest BCUT2D eigenvalue weighted by atomic mass is 10.1. The third-order valence-electron chi connectivity index (χ3n) is 2.08. The molecule has 94 valence electrons. The van der Waals surface area contributed by atoms with E-state index in [9.17, 15) is 4.79 Å². The molecule has 0 saturated carbocycles. The lowest BCUT2D eigenvalue weighted by molar-refractivity contribution is 0.0636. The van der Waals surface area contributed by atoms with Crippen molar-refractivity contribution in [2.45, 2.75) is 38.6 Å². The van der Waals surface area contributed by atoms with Crippen LogP contribution in [0.2, 0.25) is 0 Å². The van der Waals surface area contributed by atoms with Crippen LogP contribution in [0.3, 0.4) is 0 Å². The summed E-state index contributed by atoms with van der Waals surface area (Å²) >= 11 is 3.39. The van der Waals surface area contributed by atoms with Crippen LogP contribution < -0.4 is 5.32 Å². The lowest BCUT2D eigenvalue weighted by Gasteiger charge is -2.20. The third-order valence-corrected chi connectivity index (χ3v) is 2.73. The Labute approximate surface area is 111 Å². The number of carbonyl (C=O) groups excluding carboxylic acids is 1. The summed E-state index contributed by atoms with van der Waals surface area (Å²) in [6.07, 6.45) is -0.424. The van der Waals surface area contributed by atoms with E-state index in [0.717, 1.165) is 16.6 Å². The van der Waals surface area contributed by atoms with Gasteiger partial charge in [-0.05, 0) is 44.9 Å². The number of ether oxygens (including phenoxy) is 1. The van der Waals surface area contributed by atoms with Gasteiger partial charge >= 0.3 is 6.09 Å². The molecular weight excluding hydrogens is 282 g/mol. The molecule has 4 heteroatoms. The van der Waals surface area contributed by atoms with E-state index < -0.39 is 11.7 Å². The molecule has 0 aliphatic carbocycles. The van der Waals surface area contributed by atoms with Gasteiger partial charge in [-0.3, -0.25) is 5.32 Å². The molecule has 0 unspecified atom stereocenters. The van der Waals surface area contributed by atoms with Gasteiger partial charge in [-0.1, -0.05) is 28.1 Å². The van der Waals surface area contributed by atoms with Crippen LogP contribution in [-0.4, -0.2) is 11.7 Å². The normalized spacial score (nSPS) is 11.1. The molecule has 1 amide bonds. The second-order valence-electron chi connectivity index (χ2n) is 4.91. The Bertz CT molecular complexity index is 410. The Morgan fingerprint density at radius 3 is 2.53 bits per heavy atom.